The summed E-state index contributed by atoms with van der Waals surface area (Å²) >= 11 is 0. The summed E-state index contributed by atoms with van der Waals surface area (Å²) in [6.45, 7) is 6.14. The molecule has 0 aliphatic carbocycles. The fraction of sp³-hybridized carbons (Fsp3) is 0.381. The van der Waals surface area contributed by atoms with Gasteiger partial charge in [0.2, 0.25) is 0 Å². The molecule has 1 amide bonds. The molecule has 1 aromatic heterocycles. The molecular weight excluding hydrogens is 338 g/mol. The largest absolute Gasteiger partial charge is 0.357 e. The number of carbonyl (C=O) groups excluding carboxylic acids is 1. The highest BCUT2D eigenvalue weighted by atomic mass is 16.2. The Bertz CT molecular complexity index is 786. The van der Waals surface area contributed by atoms with E-state index in [1.807, 2.05) is 50.2 Å². The van der Waals surface area contributed by atoms with Crippen LogP contribution in [-0.4, -0.2) is 48.9 Å². The zero-order chi connectivity index (χ0) is 19.6. The van der Waals surface area contributed by atoms with Crippen LogP contribution in [0.15, 0.2) is 47.6 Å². The van der Waals surface area contributed by atoms with E-state index in [2.05, 4.69) is 20.6 Å². The zero-order valence-electron chi connectivity index (χ0n) is 16.6. The lowest BCUT2D eigenvalue weighted by atomic mass is 10.1. The summed E-state index contributed by atoms with van der Waals surface area (Å²) in [5.41, 5.74) is 3.94. The molecule has 0 saturated carbocycles. The molecule has 0 atom stereocenters. The van der Waals surface area contributed by atoms with E-state index in [9.17, 15) is 4.79 Å². The maximum absolute atomic E-state index is 12.1. The van der Waals surface area contributed by atoms with Gasteiger partial charge in [-0.3, -0.25) is 9.78 Å². The third kappa shape index (κ3) is 6.40. The minimum atomic E-state index is 0.0189. The second-order valence-corrected chi connectivity index (χ2v) is 6.54. The van der Waals surface area contributed by atoms with Gasteiger partial charge in [-0.1, -0.05) is 18.2 Å². The van der Waals surface area contributed by atoms with Crippen LogP contribution in [0.5, 0.6) is 0 Å². The number of aliphatic imine (C=N–C) groups is 1. The summed E-state index contributed by atoms with van der Waals surface area (Å²) in [5, 5.41) is 6.60. The number of guanidine groups is 1. The van der Waals surface area contributed by atoms with Crippen LogP contribution in [0.25, 0.3) is 0 Å². The average Bonchev–Trinajstić information content (AvgIpc) is 2.66. The molecule has 0 radical (unpaired) electrons. The Morgan fingerprint density at radius 3 is 2.70 bits per heavy atom. The van der Waals surface area contributed by atoms with Crippen LogP contribution in [-0.2, 0) is 13.0 Å². The first-order valence-electron chi connectivity index (χ1n) is 9.24. The van der Waals surface area contributed by atoms with Gasteiger partial charge in [-0.25, -0.2) is 4.99 Å². The summed E-state index contributed by atoms with van der Waals surface area (Å²) in [6.07, 6.45) is 2.60. The monoisotopic (exact) mass is 367 g/mol. The number of nitrogens with one attached hydrogen (secondary N) is 2. The van der Waals surface area contributed by atoms with Crippen LogP contribution in [0.2, 0.25) is 0 Å². The summed E-state index contributed by atoms with van der Waals surface area (Å²) in [7, 11) is 3.53. The molecule has 144 valence electrons. The normalized spacial score (nSPS) is 11.2. The Morgan fingerprint density at radius 1 is 1.19 bits per heavy atom. The third-order valence-corrected chi connectivity index (χ3v) is 4.14. The van der Waals surface area contributed by atoms with Crippen LogP contribution in [0.1, 0.15) is 34.1 Å². The Hall–Kier alpha value is -2.89. The molecule has 6 nitrogen and oxygen atoms in total. The summed E-state index contributed by atoms with van der Waals surface area (Å²) in [4.78, 5) is 22.7. The van der Waals surface area contributed by atoms with E-state index in [1.54, 1.807) is 25.2 Å². The van der Waals surface area contributed by atoms with Crippen LogP contribution in [0.3, 0.4) is 0 Å². The van der Waals surface area contributed by atoms with Crippen LogP contribution >= 0.6 is 0 Å². The fourth-order valence-electron chi connectivity index (χ4n) is 2.62. The number of aryl methyl sites for hydroxylation is 1. The molecule has 2 N–H and O–H groups in total. The van der Waals surface area contributed by atoms with E-state index in [4.69, 9.17) is 0 Å². The quantitative estimate of drug-likeness (QED) is 0.582. The number of amides is 1. The topological polar surface area (TPSA) is 69.6 Å². The summed E-state index contributed by atoms with van der Waals surface area (Å²) < 4.78 is 0. The van der Waals surface area contributed by atoms with Gasteiger partial charge in [-0.2, -0.15) is 0 Å². The van der Waals surface area contributed by atoms with E-state index in [0.29, 0.717) is 12.1 Å². The number of hydrogen-bond acceptors (Lipinski definition) is 3. The van der Waals surface area contributed by atoms with Gasteiger partial charge in [0.05, 0.1) is 12.2 Å². The smallest absolute Gasteiger partial charge is 0.253 e. The van der Waals surface area contributed by atoms with Crippen molar-refractivity contribution in [2.75, 3.05) is 27.2 Å². The lowest BCUT2D eigenvalue weighted by Crippen LogP contribution is -2.38. The summed E-state index contributed by atoms with van der Waals surface area (Å²) in [6, 6.07) is 11.7. The van der Waals surface area contributed by atoms with Crippen molar-refractivity contribution < 1.29 is 4.79 Å². The minimum absolute atomic E-state index is 0.0189. The molecule has 0 aliphatic rings. The molecule has 2 rings (SSSR count). The van der Waals surface area contributed by atoms with Gasteiger partial charge in [0, 0.05) is 38.9 Å². The Balaban J connectivity index is 1.94. The average molecular weight is 367 g/mol. The first-order chi connectivity index (χ1) is 13.0. The lowest BCUT2D eigenvalue weighted by Gasteiger charge is -2.13. The van der Waals surface area contributed by atoms with E-state index < -0.39 is 0 Å². The molecule has 1 heterocycles. The van der Waals surface area contributed by atoms with E-state index in [0.717, 1.165) is 42.3 Å². The Morgan fingerprint density at radius 2 is 2.00 bits per heavy atom. The second kappa shape index (κ2) is 10.3. The van der Waals surface area contributed by atoms with Crippen molar-refractivity contribution in [1.82, 2.24) is 20.5 Å². The molecule has 0 fully saturated rings. The maximum Gasteiger partial charge on any atom is 0.253 e. The van der Waals surface area contributed by atoms with Gasteiger partial charge in [0.1, 0.15) is 0 Å². The molecule has 27 heavy (non-hydrogen) atoms. The number of hydrogen-bond donors (Lipinski definition) is 2. The molecular formula is C21H29N5O. The number of aromatic nitrogens is 1. The first kappa shape index (κ1) is 20.4. The highest BCUT2D eigenvalue weighted by Crippen LogP contribution is 2.08. The highest BCUT2D eigenvalue weighted by Gasteiger charge is 2.08. The van der Waals surface area contributed by atoms with Crippen molar-refractivity contribution in [3.8, 4) is 0 Å². The standard InChI is InChI=1S/C21H29N5O/c1-5-22-21(25-15-19-16(2)8-7-12-23-19)24-13-11-17-9-6-10-18(14-17)20(27)26(3)4/h6-10,12,14H,5,11,13,15H2,1-4H3,(H2,22,24,25). The van der Waals surface area contributed by atoms with Gasteiger partial charge in [0.25, 0.3) is 5.91 Å². The summed E-state index contributed by atoms with van der Waals surface area (Å²) in [5.74, 6) is 0.786. The number of pyridine rings is 1. The number of rotatable bonds is 7. The second-order valence-electron chi connectivity index (χ2n) is 6.54. The molecule has 0 bridgehead atoms. The number of nitrogens with zero attached hydrogens (tertiary/aromatic N) is 3. The van der Waals surface area contributed by atoms with E-state index in [1.165, 1.54) is 0 Å². The van der Waals surface area contributed by atoms with Gasteiger partial charge in [-0.05, 0) is 49.6 Å². The number of benzene rings is 1. The van der Waals surface area contributed by atoms with E-state index in [-0.39, 0.29) is 5.91 Å². The maximum atomic E-state index is 12.1. The third-order valence-electron chi connectivity index (χ3n) is 4.14. The molecule has 0 saturated heterocycles. The van der Waals surface area contributed by atoms with Gasteiger partial charge < -0.3 is 15.5 Å². The van der Waals surface area contributed by atoms with Crippen molar-refractivity contribution in [3.63, 3.8) is 0 Å². The van der Waals surface area contributed by atoms with Crippen molar-refractivity contribution >= 4 is 11.9 Å². The molecule has 0 aliphatic heterocycles. The van der Waals surface area contributed by atoms with E-state index >= 15 is 0 Å². The molecule has 0 spiro atoms. The SMILES string of the molecule is CCNC(=NCc1ncccc1C)NCCc1cccc(C(=O)N(C)C)c1. The van der Waals surface area contributed by atoms with Gasteiger partial charge >= 0.3 is 0 Å². The zero-order valence-corrected chi connectivity index (χ0v) is 16.6. The van der Waals surface area contributed by atoms with Crippen molar-refractivity contribution in [2.45, 2.75) is 26.8 Å². The highest BCUT2D eigenvalue weighted by molar-refractivity contribution is 5.94. The van der Waals surface area contributed by atoms with Crippen molar-refractivity contribution in [1.29, 1.82) is 0 Å². The van der Waals surface area contributed by atoms with Crippen molar-refractivity contribution in [3.05, 3.63) is 65.0 Å². The molecule has 1 aromatic carbocycles. The molecule has 2 aromatic rings. The minimum Gasteiger partial charge on any atom is -0.357 e. The van der Waals surface area contributed by atoms with Gasteiger partial charge in [0.15, 0.2) is 5.96 Å². The van der Waals surface area contributed by atoms with Crippen LogP contribution < -0.4 is 10.6 Å². The first-order valence-corrected chi connectivity index (χ1v) is 9.24. The van der Waals surface area contributed by atoms with Crippen LogP contribution in [0, 0.1) is 6.92 Å². The number of carbonyl (C=O) groups is 1. The Kier molecular flexibility index (Phi) is 7.79. The van der Waals surface area contributed by atoms with Crippen LogP contribution in [0.4, 0.5) is 0 Å². The predicted molar refractivity (Wildman–Crippen MR) is 110 cm³/mol. The molecule has 0 unspecified atom stereocenters. The predicted octanol–water partition coefficient (Wildman–Crippen LogP) is 2.39. The Labute approximate surface area is 161 Å². The van der Waals surface area contributed by atoms with Gasteiger partial charge in [-0.15, -0.1) is 0 Å². The lowest BCUT2D eigenvalue weighted by molar-refractivity contribution is 0.0827. The fourth-order valence-corrected chi connectivity index (χ4v) is 2.62. The van der Waals surface area contributed by atoms with Crippen molar-refractivity contribution in [2.24, 2.45) is 4.99 Å². The molecule has 6 heteroatoms.